The van der Waals surface area contributed by atoms with Crippen LogP contribution in [0.4, 0.5) is 0 Å². The van der Waals surface area contributed by atoms with Crippen molar-refractivity contribution in [3.63, 3.8) is 0 Å². The van der Waals surface area contributed by atoms with E-state index in [9.17, 15) is 8.42 Å². The fraction of sp³-hybridized carbons (Fsp3) is 0.667. The summed E-state index contributed by atoms with van der Waals surface area (Å²) in [5.41, 5.74) is 0. The molecule has 0 amide bonds. The third kappa shape index (κ3) is 5.23. The molecule has 0 rings (SSSR count). The molecule has 6 heteroatoms. The van der Waals surface area contributed by atoms with Gasteiger partial charge in [0.1, 0.15) is 0 Å². The van der Waals surface area contributed by atoms with Crippen LogP contribution in [0, 0.1) is 11.3 Å². The molecule has 0 aliphatic carbocycles. The average Bonchev–Trinajstić information content (AvgIpc) is 1.62. The smallest absolute Gasteiger partial charge is 0.263 e. The molecule has 1 N–H and O–H groups in total. The topological polar surface area (TPSA) is 87.4 Å². The third-order valence-electron chi connectivity index (χ3n) is 0.448. The summed E-state index contributed by atoms with van der Waals surface area (Å²) in [6, 6.07) is 1.46. The van der Waals surface area contributed by atoms with Crippen molar-refractivity contribution < 1.29 is 17.2 Å². The van der Waals surface area contributed by atoms with Gasteiger partial charge in [-0.25, -0.2) is 4.18 Å². The van der Waals surface area contributed by atoms with Crippen LogP contribution in [0.3, 0.4) is 0 Å². The Labute approximate surface area is 52.8 Å². The molecule has 0 fully saturated rings. The van der Waals surface area contributed by atoms with Gasteiger partial charge in [0.2, 0.25) is 0 Å². The van der Waals surface area contributed by atoms with E-state index in [-0.39, 0.29) is 0 Å². The minimum absolute atomic E-state index is 1.14. The highest BCUT2D eigenvalue weighted by molar-refractivity contribution is 7.80. The van der Waals surface area contributed by atoms with E-state index in [4.69, 9.17) is 9.81 Å². The van der Waals surface area contributed by atoms with Crippen LogP contribution < -0.4 is 0 Å². The summed E-state index contributed by atoms with van der Waals surface area (Å²) < 4.78 is 31.2. The Morgan fingerprint density at radius 2 is 2.22 bits per heavy atom. The molecule has 0 saturated heterocycles. The Balaban J connectivity index is 3.94. The van der Waals surface area contributed by atoms with Gasteiger partial charge in [-0.2, -0.15) is 13.7 Å². The number of hydrogen-bond donors (Lipinski definition) is 1. The molecular formula is C3H5NO4S. The van der Waals surface area contributed by atoms with Crippen LogP contribution in [0.2, 0.25) is 0 Å². The number of rotatable bonds is 2. The van der Waals surface area contributed by atoms with Crippen molar-refractivity contribution in [1.29, 1.82) is 5.26 Å². The van der Waals surface area contributed by atoms with Gasteiger partial charge in [-0.15, -0.1) is 0 Å². The van der Waals surface area contributed by atoms with E-state index in [1.807, 2.05) is 0 Å². The highest BCUT2D eigenvalue weighted by Gasteiger charge is 2.09. The molecule has 0 heterocycles. The van der Waals surface area contributed by atoms with Crippen molar-refractivity contribution in [1.82, 2.24) is 0 Å². The molecule has 0 radical (unpaired) electrons. The monoisotopic (exact) mass is 151 g/mol. The number of nitriles is 1. The number of nitrogens with zero attached hydrogens (tertiary/aromatic N) is 1. The zero-order valence-electron chi connectivity index (χ0n) is 4.60. The molecule has 1 unspecified atom stereocenters. The van der Waals surface area contributed by atoms with Crippen molar-refractivity contribution >= 4 is 10.4 Å². The lowest BCUT2D eigenvalue weighted by Crippen LogP contribution is -2.11. The Hall–Kier alpha value is -0.640. The largest absolute Gasteiger partial charge is 0.398 e. The van der Waals surface area contributed by atoms with Crippen LogP contribution in [-0.4, -0.2) is 19.1 Å². The van der Waals surface area contributed by atoms with Crippen LogP contribution >= 0.6 is 0 Å². The van der Waals surface area contributed by atoms with Crippen LogP contribution in [0.25, 0.3) is 0 Å². The minimum Gasteiger partial charge on any atom is -0.263 e. The molecule has 0 spiro atoms. The van der Waals surface area contributed by atoms with Gasteiger partial charge in [-0.1, -0.05) is 0 Å². The summed E-state index contributed by atoms with van der Waals surface area (Å²) in [4.78, 5) is 0. The molecule has 0 bridgehead atoms. The molecular weight excluding hydrogens is 146 g/mol. The van der Waals surface area contributed by atoms with E-state index in [0.717, 1.165) is 0 Å². The summed E-state index contributed by atoms with van der Waals surface area (Å²) in [6.07, 6.45) is -1.14. The van der Waals surface area contributed by atoms with E-state index in [1.165, 1.54) is 13.0 Å². The Kier molecular flexibility index (Phi) is 2.58. The molecule has 0 aromatic carbocycles. The summed E-state index contributed by atoms with van der Waals surface area (Å²) >= 11 is 0. The molecule has 0 aromatic heterocycles. The van der Waals surface area contributed by atoms with Gasteiger partial charge in [-0.05, 0) is 6.92 Å². The first-order chi connectivity index (χ1) is 3.95. The summed E-state index contributed by atoms with van der Waals surface area (Å²) in [6.45, 7) is 1.20. The van der Waals surface area contributed by atoms with E-state index >= 15 is 0 Å². The zero-order valence-corrected chi connectivity index (χ0v) is 5.42. The maximum atomic E-state index is 9.78. The fourth-order valence-electron chi connectivity index (χ4n) is 0.204. The second-order valence-electron chi connectivity index (χ2n) is 1.30. The predicted octanol–water partition coefficient (Wildman–Crippen LogP) is -0.282. The highest BCUT2D eigenvalue weighted by Crippen LogP contribution is 1.92. The maximum Gasteiger partial charge on any atom is 0.398 e. The maximum absolute atomic E-state index is 9.78. The van der Waals surface area contributed by atoms with E-state index in [1.54, 1.807) is 0 Å². The lowest BCUT2D eigenvalue weighted by atomic mass is 10.5. The van der Waals surface area contributed by atoms with Gasteiger partial charge in [-0.3, -0.25) is 4.55 Å². The molecule has 0 aromatic rings. The quantitative estimate of drug-likeness (QED) is 0.548. The molecule has 0 saturated carbocycles. The first kappa shape index (κ1) is 8.36. The summed E-state index contributed by atoms with van der Waals surface area (Å²) in [5.74, 6) is 0. The normalized spacial score (nSPS) is 14.3. The first-order valence-corrected chi connectivity index (χ1v) is 3.37. The highest BCUT2D eigenvalue weighted by atomic mass is 32.3. The molecule has 0 aliphatic rings. The average molecular weight is 151 g/mol. The van der Waals surface area contributed by atoms with E-state index in [0.29, 0.717) is 0 Å². The Morgan fingerprint density at radius 1 is 1.78 bits per heavy atom. The zero-order chi connectivity index (χ0) is 7.49. The molecule has 5 nitrogen and oxygen atoms in total. The van der Waals surface area contributed by atoms with Crippen LogP contribution in [0.5, 0.6) is 0 Å². The standard InChI is InChI=1S/C3H5NO4S/c1-3(2-4)8-9(5,6)7/h3H,1H3,(H,5,6,7). The third-order valence-corrected chi connectivity index (χ3v) is 0.980. The van der Waals surface area contributed by atoms with Crippen molar-refractivity contribution in [3.8, 4) is 6.07 Å². The van der Waals surface area contributed by atoms with Gasteiger partial charge >= 0.3 is 10.4 Å². The van der Waals surface area contributed by atoms with Gasteiger partial charge in [0.15, 0.2) is 6.10 Å². The van der Waals surface area contributed by atoms with Crippen molar-refractivity contribution in [2.75, 3.05) is 0 Å². The van der Waals surface area contributed by atoms with E-state index in [2.05, 4.69) is 4.18 Å². The molecule has 9 heavy (non-hydrogen) atoms. The van der Waals surface area contributed by atoms with Crippen molar-refractivity contribution in [2.45, 2.75) is 13.0 Å². The summed E-state index contributed by atoms with van der Waals surface area (Å²) in [5, 5.41) is 7.95. The SMILES string of the molecule is CC(C#N)OS(=O)(=O)O. The van der Waals surface area contributed by atoms with Crippen LogP contribution in [0.1, 0.15) is 6.92 Å². The Bertz CT molecular complexity index is 212. The van der Waals surface area contributed by atoms with E-state index < -0.39 is 16.5 Å². The molecule has 52 valence electrons. The first-order valence-electron chi connectivity index (χ1n) is 2.01. The fourth-order valence-corrected chi connectivity index (χ4v) is 0.612. The lowest BCUT2D eigenvalue weighted by molar-refractivity contribution is 0.239. The molecule has 1 atom stereocenters. The summed E-state index contributed by atoms with van der Waals surface area (Å²) in [7, 11) is -4.46. The van der Waals surface area contributed by atoms with Crippen LogP contribution in [-0.2, 0) is 14.6 Å². The van der Waals surface area contributed by atoms with Crippen molar-refractivity contribution in [3.05, 3.63) is 0 Å². The second kappa shape index (κ2) is 2.77. The van der Waals surface area contributed by atoms with Gasteiger partial charge < -0.3 is 0 Å². The van der Waals surface area contributed by atoms with Crippen molar-refractivity contribution in [2.24, 2.45) is 0 Å². The second-order valence-corrected chi connectivity index (χ2v) is 2.34. The van der Waals surface area contributed by atoms with Gasteiger partial charge in [0, 0.05) is 0 Å². The van der Waals surface area contributed by atoms with Gasteiger partial charge in [0.05, 0.1) is 6.07 Å². The van der Waals surface area contributed by atoms with Crippen LogP contribution in [0.15, 0.2) is 0 Å². The predicted molar refractivity (Wildman–Crippen MR) is 27.7 cm³/mol. The van der Waals surface area contributed by atoms with Gasteiger partial charge in [0.25, 0.3) is 0 Å². The molecule has 0 aliphatic heterocycles. The Morgan fingerprint density at radius 3 is 2.33 bits per heavy atom. The lowest BCUT2D eigenvalue weighted by Gasteiger charge is -1.97. The number of hydrogen-bond acceptors (Lipinski definition) is 4. The minimum atomic E-state index is -4.46.